The zero-order chi connectivity index (χ0) is 16.3. The second kappa shape index (κ2) is 6.54. The summed E-state index contributed by atoms with van der Waals surface area (Å²) in [5, 5.41) is 25.1. The van der Waals surface area contributed by atoms with Crippen LogP contribution in [-0.2, 0) is 0 Å². The fourth-order valence-corrected chi connectivity index (χ4v) is 2.00. The van der Waals surface area contributed by atoms with E-state index in [9.17, 15) is 20.0 Å². The summed E-state index contributed by atoms with van der Waals surface area (Å²) in [6, 6.07) is 6.43. The van der Waals surface area contributed by atoms with Gasteiger partial charge in [0, 0.05) is 6.07 Å². The van der Waals surface area contributed by atoms with E-state index in [0.29, 0.717) is 4.67 Å². The number of amides is 1. The molecule has 0 saturated carbocycles. The van der Waals surface area contributed by atoms with Crippen molar-refractivity contribution < 1.29 is 19.2 Å². The maximum Gasteiger partial charge on any atom is 0.293 e. The van der Waals surface area contributed by atoms with Gasteiger partial charge in [0.2, 0.25) is 0 Å². The molecule has 0 fully saturated rings. The first-order valence-corrected chi connectivity index (χ1v) is 6.92. The first kappa shape index (κ1) is 15.9. The number of halogens is 1. The third kappa shape index (κ3) is 3.80. The Morgan fingerprint density at radius 3 is 2.64 bits per heavy atom. The van der Waals surface area contributed by atoms with E-state index >= 15 is 0 Å². The molecule has 1 heterocycles. The topological polar surface area (TPSA) is 118 Å². The summed E-state index contributed by atoms with van der Waals surface area (Å²) in [6.45, 7) is 0. The third-order valence-corrected chi connectivity index (χ3v) is 3.09. The minimum Gasteiger partial charge on any atom is -0.506 e. The second-order valence-electron chi connectivity index (χ2n) is 3.97. The molecule has 1 aromatic carbocycles. The zero-order valence-electron chi connectivity index (χ0n) is 10.7. The Bertz CT molecular complexity index is 761. The highest BCUT2D eigenvalue weighted by Gasteiger charge is 2.14. The van der Waals surface area contributed by atoms with Crippen molar-refractivity contribution in [3.63, 3.8) is 0 Å². The first-order chi connectivity index (χ1) is 10.4. The van der Waals surface area contributed by atoms with Gasteiger partial charge in [-0.2, -0.15) is 0 Å². The zero-order valence-corrected chi connectivity index (χ0v) is 13.1. The van der Waals surface area contributed by atoms with Crippen molar-refractivity contribution in [2.24, 2.45) is 0 Å². The summed E-state index contributed by atoms with van der Waals surface area (Å²) < 4.78 is 5.45. The average Bonchev–Trinajstić information content (AvgIpc) is 2.87. The van der Waals surface area contributed by atoms with Gasteiger partial charge in [-0.05, 0) is 46.3 Å². The molecular weight excluding hydrogens is 378 g/mol. The number of non-ortho nitro benzene ring substituents is 1. The van der Waals surface area contributed by atoms with Crippen LogP contribution >= 0.6 is 28.1 Å². The molecule has 22 heavy (non-hydrogen) atoms. The van der Waals surface area contributed by atoms with Crippen LogP contribution in [0.3, 0.4) is 0 Å². The number of rotatable bonds is 3. The molecule has 0 aliphatic heterocycles. The molecule has 0 unspecified atom stereocenters. The number of nitrogens with one attached hydrogen (secondary N) is 2. The fraction of sp³-hybridized carbons (Fsp3) is 0. The highest BCUT2D eigenvalue weighted by Crippen LogP contribution is 2.27. The number of nitro benzene ring substituents is 1. The molecule has 1 amide bonds. The van der Waals surface area contributed by atoms with Gasteiger partial charge in [0.15, 0.2) is 15.5 Å². The Morgan fingerprint density at radius 1 is 1.36 bits per heavy atom. The van der Waals surface area contributed by atoms with Gasteiger partial charge >= 0.3 is 0 Å². The van der Waals surface area contributed by atoms with Crippen molar-refractivity contribution in [1.82, 2.24) is 5.32 Å². The van der Waals surface area contributed by atoms with Gasteiger partial charge < -0.3 is 14.8 Å². The number of benzene rings is 1. The number of nitro groups is 1. The summed E-state index contributed by atoms with van der Waals surface area (Å²) in [7, 11) is 0. The van der Waals surface area contributed by atoms with Gasteiger partial charge in [0.25, 0.3) is 11.6 Å². The smallest absolute Gasteiger partial charge is 0.293 e. The third-order valence-electron chi connectivity index (χ3n) is 2.46. The van der Waals surface area contributed by atoms with Crippen LogP contribution in [0.2, 0.25) is 0 Å². The number of hydrogen-bond donors (Lipinski definition) is 3. The highest BCUT2D eigenvalue weighted by atomic mass is 79.9. The maximum atomic E-state index is 11.8. The minimum atomic E-state index is -0.641. The number of phenols is 1. The number of anilines is 1. The Balaban J connectivity index is 2.03. The normalized spacial score (nSPS) is 10.0. The summed E-state index contributed by atoms with van der Waals surface area (Å²) in [4.78, 5) is 21.7. The molecule has 10 heteroatoms. The molecule has 8 nitrogen and oxygen atoms in total. The van der Waals surface area contributed by atoms with Crippen LogP contribution in [0.5, 0.6) is 5.75 Å². The summed E-state index contributed by atoms with van der Waals surface area (Å²) in [6.07, 6.45) is 0. The molecule has 0 bridgehead atoms. The van der Waals surface area contributed by atoms with Gasteiger partial charge in [0.1, 0.15) is 5.75 Å². The largest absolute Gasteiger partial charge is 0.506 e. The molecule has 0 atom stereocenters. The van der Waals surface area contributed by atoms with E-state index in [1.807, 2.05) is 0 Å². The summed E-state index contributed by atoms with van der Waals surface area (Å²) in [5.74, 6) is -0.903. The molecule has 2 rings (SSSR count). The van der Waals surface area contributed by atoms with E-state index in [0.717, 1.165) is 6.07 Å². The highest BCUT2D eigenvalue weighted by molar-refractivity contribution is 9.10. The van der Waals surface area contributed by atoms with Gasteiger partial charge in [-0.1, -0.05) is 0 Å². The molecular formula is C12H8BrN3O5S. The number of phenolic OH excluding ortho intramolecular Hbond substituents is 1. The number of nitrogens with zero attached hydrogens (tertiary/aromatic N) is 1. The predicted molar refractivity (Wildman–Crippen MR) is 84.9 cm³/mol. The van der Waals surface area contributed by atoms with Crippen LogP contribution in [-0.4, -0.2) is 21.0 Å². The molecule has 0 aliphatic carbocycles. The standard InChI is InChI=1S/C12H8BrN3O5S/c13-10-4-3-9(21-10)11(18)15-12(22)14-7-2-1-6(16(19)20)5-8(7)17/h1-5,17H,(H2,14,15,18,22). The Morgan fingerprint density at radius 2 is 2.09 bits per heavy atom. The van der Waals surface area contributed by atoms with Gasteiger partial charge in [-0.15, -0.1) is 0 Å². The monoisotopic (exact) mass is 385 g/mol. The lowest BCUT2D eigenvalue weighted by Crippen LogP contribution is -2.33. The summed E-state index contributed by atoms with van der Waals surface area (Å²) >= 11 is 7.99. The molecule has 114 valence electrons. The van der Waals surface area contributed by atoms with Crippen molar-refractivity contribution >= 4 is 50.5 Å². The van der Waals surface area contributed by atoms with E-state index in [4.69, 9.17) is 16.6 Å². The van der Waals surface area contributed by atoms with Crippen LogP contribution in [0, 0.1) is 10.1 Å². The number of carbonyl (C=O) groups is 1. The summed E-state index contributed by atoms with van der Waals surface area (Å²) in [5.41, 5.74) is -0.144. The molecule has 0 spiro atoms. The number of hydrogen-bond acceptors (Lipinski definition) is 6. The number of aromatic hydroxyl groups is 1. The Kier molecular flexibility index (Phi) is 4.73. The van der Waals surface area contributed by atoms with Gasteiger partial charge in [-0.3, -0.25) is 20.2 Å². The van der Waals surface area contributed by atoms with E-state index < -0.39 is 10.8 Å². The Hall–Kier alpha value is -2.46. The molecule has 1 aromatic heterocycles. The van der Waals surface area contributed by atoms with E-state index in [2.05, 4.69) is 26.6 Å². The lowest BCUT2D eigenvalue weighted by atomic mass is 10.2. The maximum absolute atomic E-state index is 11.8. The molecule has 0 radical (unpaired) electrons. The van der Waals surface area contributed by atoms with Crippen molar-refractivity contribution in [1.29, 1.82) is 0 Å². The molecule has 2 aromatic rings. The van der Waals surface area contributed by atoms with E-state index in [1.54, 1.807) is 6.07 Å². The van der Waals surface area contributed by atoms with Crippen LogP contribution in [0.15, 0.2) is 39.4 Å². The number of carbonyl (C=O) groups excluding carboxylic acids is 1. The van der Waals surface area contributed by atoms with Crippen LogP contribution in [0.1, 0.15) is 10.6 Å². The number of thiocarbonyl (C=S) groups is 1. The quantitative estimate of drug-likeness (QED) is 0.321. The lowest BCUT2D eigenvalue weighted by molar-refractivity contribution is -0.384. The molecule has 3 N–H and O–H groups in total. The molecule has 0 saturated heterocycles. The second-order valence-corrected chi connectivity index (χ2v) is 5.16. The minimum absolute atomic E-state index is 0.0453. The number of furan rings is 1. The average molecular weight is 386 g/mol. The van der Waals surface area contributed by atoms with Crippen molar-refractivity contribution in [3.05, 3.63) is 50.9 Å². The van der Waals surface area contributed by atoms with Crippen molar-refractivity contribution in [2.75, 3.05) is 5.32 Å². The van der Waals surface area contributed by atoms with Crippen molar-refractivity contribution in [3.8, 4) is 5.75 Å². The molecule has 0 aliphatic rings. The Labute approximate surface area is 137 Å². The SMILES string of the molecule is O=C(NC(=S)Nc1ccc([N+](=O)[O-])cc1O)c1ccc(Br)o1. The predicted octanol–water partition coefficient (Wildman–Crippen LogP) is 2.78. The van der Waals surface area contributed by atoms with Crippen molar-refractivity contribution in [2.45, 2.75) is 0 Å². The van der Waals surface area contributed by atoms with E-state index in [-0.39, 0.29) is 28.0 Å². The van der Waals surface area contributed by atoms with Crippen LogP contribution in [0.25, 0.3) is 0 Å². The fourth-order valence-electron chi connectivity index (χ4n) is 1.49. The van der Waals surface area contributed by atoms with Gasteiger partial charge in [-0.25, -0.2) is 0 Å². The van der Waals surface area contributed by atoms with Gasteiger partial charge in [0.05, 0.1) is 16.7 Å². The first-order valence-electron chi connectivity index (χ1n) is 5.72. The van der Waals surface area contributed by atoms with Crippen LogP contribution in [0.4, 0.5) is 11.4 Å². The van der Waals surface area contributed by atoms with Crippen LogP contribution < -0.4 is 10.6 Å². The van der Waals surface area contributed by atoms with E-state index in [1.165, 1.54) is 18.2 Å². The lowest BCUT2D eigenvalue weighted by Gasteiger charge is -2.09.